The minimum absolute atomic E-state index is 0.0928. The zero-order valence-corrected chi connectivity index (χ0v) is 11.7. The molecule has 0 fully saturated rings. The number of nitrogens with two attached hydrogens (primary N) is 1. The highest BCUT2D eigenvalue weighted by Gasteiger charge is 2.30. The molecule has 0 aliphatic carbocycles. The van der Waals surface area contributed by atoms with Crippen LogP contribution >= 0.6 is 11.8 Å². The van der Waals surface area contributed by atoms with E-state index in [9.17, 15) is 18.0 Å². The van der Waals surface area contributed by atoms with Crippen molar-refractivity contribution in [2.75, 3.05) is 11.5 Å². The van der Waals surface area contributed by atoms with Crippen molar-refractivity contribution in [3.63, 3.8) is 0 Å². The molecule has 7 heteroatoms. The summed E-state index contributed by atoms with van der Waals surface area (Å²) in [6.07, 6.45) is -2.73. The highest BCUT2D eigenvalue weighted by molar-refractivity contribution is 7.99. The second-order valence-corrected chi connectivity index (χ2v) is 5.47. The molecule has 0 unspecified atom stereocenters. The van der Waals surface area contributed by atoms with Crippen LogP contribution in [0.15, 0.2) is 52.3 Å². The Morgan fingerprint density at radius 1 is 1.19 bits per heavy atom. The second-order valence-electron chi connectivity index (χ2n) is 4.33. The number of nitrogens with zero attached hydrogens (tertiary/aromatic N) is 1. The molecular weight excluding hydrogens is 301 g/mol. The molecule has 2 N–H and O–H groups in total. The number of nitrogen functional groups attached to an aromatic ring is 1. The maximum Gasteiger partial charge on any atom is 0.416 e. The summed E-state index contributed by atoms with van der Waals surface area (Å²) < 4.78 is 39.1. The molecule has 0 atom stereocenters. The van der Waals surface area contributed by atoms with Crippen LogP contribution in [0.3, 0.4) is 0 Å². The number of benzene rings is 1. The lowest BCUT2D eigenvalue weighted by Crippen LogP contribution is -2.18. The van der Waals surface area contributed by atoms with E-state index in [4.69, 9.17) is 5.73 Å². The van der Waals surface area contributed by atoms with Crippen molar-refractivity contribution in [2.45, 2.75) is 17.6 Å². The van der Waals surface area contributed by atoms with Crippen LogP contribution in [0, 0.1) is 0 Å². The average molecular weight is 314 g/mol. The molecule has 1 heterocycles. The fourth-order valence-corrected chi connectivity index (χ4v) is 2.65. The smallest absolute Gasteiger partial charge is 0.398 e. The van der Waals surface area contributed by atoms with Gasteiger partial charge in [-0.05, 0) is 24.3 Å². The Kier molecular flexibility index (Phi) is 4.62. The molecule has 0 saturated carbocycles. The van der Waals surface area contributed by atoms with Crippen LogP contribution in [0.5, 0.6) is 0 Å². The number of anilines is 1. The highest BCUT2D eigenvalue weighted by atomic mass is 32.2. The first-order chi connectivity index (χ1) is 9.88. The third-order valence-electron chi connectivity index (χ3n) is 2.83. The fraction of sp³-hybridized carbons (Fsp3) is 0.214. The van der Waals surface area contributed by atoms with Crippen LogP contribution in [0.2, 0.25) is 0 Å². The summed E-state index contributed by atoms with van der Waals surface area (Å²) in [7, 11) is 0. The summed E-state index contributed by atoms with van der Waals surface area (Å²) in [4.78, 5) is 12.1. The third-order valence-corrected chi connectivity index (χ3v) is 3.90. The minimum Gasteiger partial charge on any atom is -0.398 e. The Labute approximate surface area is 123 Å². The number of alkyl halides is 3. The van der Waals surface area contributed by atoms with Crippen LogP contribution < -0.4 is 11.3 Å². The molecule has 0 saturated heterocycles. The SMILES string of the molecule is Nc1cc(C(F)(F)F)ccc1SCCn1ccccc1=O. The van der Waals surface area contributed by atoms with Gasteiger partial charge < -0.3 is 10.3 Å². The topological polar surface area (TPSA) is 48.0 Å². The van der Waals surface area contributed by atoms with E-state index in [-0.39, 0.29) is 11.2 Å². The predicted molar refractivity (Wildman–Crippen MR) is 77.3 cm³/mol. The van der Waals surface area contributed by atoms with E-state index in [1.165, 1.54) is 28.5 Å². The number of rotatable bonds is 4. The number of aromatic nitrogens is 1. The number of pyridine rings is 1. The lowest BCUT2D eigenvalue weighted by molar-refractivity contribution is -0.137. The van der Waals surface area contributed by atoms with E-state index < -0.39 is 11.7 Å². The molecule has 1 aromatic heterocycles. The second kappa shape index (κ2) is 6.26. The molecule has 0 radical (unpaired) electrons. The van der Waals surface area contributed by atoms with Crippen LogP contribution in [0.25, 0.3) is 0 Å². The number of aryl methyl sites for hydroxylation is 1. The zero-order valence-electron chi connectivity index (χ0n) is 10.9. The van der Waals surface area contributed by atoms with E-state index in [1.54, 1.807) is 18.3 Å². The van der Waals surface area contributed by atoms with Gasteiger partial charge in [0.2, 0.25) is 0 Å². The largest absolute Gasteiger partial charge is 0.416 e. The van der Waals surface area contributed by atoms with Crippen LogP contribution in [0.4, 0.5) is 18.9 Å². The van der Waals surface area contributed by atoms with Gasteiger partial charge in [0.05, 0.1) is 5.56 Å². The van der Waals surface area contributed by atoms with E-state index in [0.717, 1.165) is 12.1 Å². The van der Waals surface area contributed by atoms with Crippen molar-refractivity contribution in [3.05, 3.63) is 58.5 Å². The summed E-state index contributed by atoms with van der Waals surface area (Å²) in [5.74, 6) is 0.541. The summed E-state index contributed by atoms with van der Waals surface area (Å²) in [6, 6.07) is 8.15. The van der Waals surface area contributed by atoms with Gasteiger partial charge >= 0.3 is 6.18 Å². The normalized spacial score (nSPS) is 11.6. The van der Waals surface area contributed by atoms with Crippen LogP contribution in [0.1, 0.15) is 5.56 Å². The Morgan fingerprint density at radius 2 is 1.95 bits per heavy atom. The summed E-state index contributed by atoms with van der Waals surface area (Å²) in [6.45, 7) is 0.463. The van der Waals surface area contributed by atoms with Gasteiger partial charge in [0.25, 0.3) is 5.56 Å². The lowest BCUT2D eigenvalue weighted by atomic mass is 10.2. The molecule has 0 aliphatic rings. The Hall–Kier alpha value is -1.89. The molecule has 2 rings (SSSR count). The number of hydrogen-bond acceptors (Lipinski definition) is 3. The van der Waals surface area contributed by atoms with Gasteiger partial charge in [-0.1, -0.05) is 6.07 Å². The zero-order chi connectivity index (χ0) is 15.5. The molecule has 0 aliphatic heterocycles. The Morgan fingerprint density at radius 3 is 2.57 bits per heavy atom. The van der Waals surface area contributed by atoms with Gasteiger partial charge in [0.15, 0.2) is 0 Å². The molecule has 0 spiro atoms. The first-order valence-electron chi connectivity index (χ1n) is 6.13. The average Bonchev–Trinajstić information content (AvgIpc) is 2.41. The van der Waals surface area contributed by atoms with Crippen molar-refractivity contribution in [1.29, 1.82) is 0 Å². The van der Waals surface area contributed by atoms with E-state index >= 15 is 0 Å². The Bertz CT molecular complexity index is 682. The first kappa shape index (κ1) is 15.5. The lowest BCUT2D eigenvalue weighted by Gasteiger charge is -2.11. The number of thioether (sulfide) groups is 1. The first-order valence-corrected chi connectivity index (χ1v) is 7.11. The third kappa shape index (κ3) is 4.04. The van der Waals surface area contributed by atoms with Gasteiger partial charge in [-0.3, -0.25) is 4.79 Å². The van der Waals surface area contributed by atoms with Crippen molar-refractivity contribution in [3.8, 4) is 0 Å². The fourth-order valence-electron chi connectivity index (χ4n) is 1.76. The predicted octanol–water partition coefficient (Wildman–Crippen LogP) is 3.24. The number of hydrogen-bond donors (Lipinski definition) is 1. The summed E-state index contributed by atoms with van der Waals surface area (Å²) >= 11 is 1.32. The van der Waals surface area contributed by atoms with Crippen molar-refractivity contribution in [2.24, 2.45) is 0 Å². The van der Waals surface area contributed by atoms with E-state index in [0.29, 0.717) is 17.2 Å². The standard InChI is InChI=1S/C14H13F3N2OS/c15-14(16,17)10-4-5-12(11(18)9-10)21-8-7-19-6-2-1-3-13(19)20/h1-6,9H,7-8,18H2. The highest BCUT2D eigenvalue weighted by Crippen LogP contribution is 2.34. The monoisotopic (exact) mass is 314 g/mol. The van der Waals surface area contributed by atoms with Crippen LogP contribution in [-0.2, 0) is 12.7 Å². The maximum absolute atomic E-state index is 12.5. The van der Waals surface area contributed by atoms with Crippen molar-refractivity contribution in [1.82, 2.24) is 4.57 Å². The van der Waals surface area contributed by atoms with Crippen molar-refractivity contribution < 1.29 is 13.2 Å². The molecule has 2 aromatic rings. The number of halogens is 3. The van der Waals surface area contributed by atoms with Crippen molar-refractivity contribution >= 4 is 17.4 Å². The van der Waals surface area contributed by atoms with Gasteiger partial charge in [-0.2, -0.15) is 13.2 Å². The van der Waals surface area contributed by atoms with E-state index in [2.05, 4.69) is 0 Å². The minimum atomic E-state index is -4.39. The van der Waals surface area contributed by atoms with E-state index in [1.807, 2.05) is 0 Å². The molecule has 0 amide bonds. The molecule has 112 valence electrons. The van der Waals surface area contributed by atoms with Gasteiger partial charge in [-0.15, -0.1) is 11.8 Å². The molecule has 1 aromatic carbocycles. The molecule has 21 heavy (non-hydrogen) atoms. The summed E-state index contributed by atoms with van der Waals surface area (Å²) in [5.41, 5.74) is 4.86. The van der Waals surface area contributed by atoms with Crippen LogP contribution in [-0.4, -0.2) is 10.3 Å². The summed E-state index contributed by atoms with van der Waals surface area (Å²) in [5, 5.41) is 0. The quantitative estimate of drug-likeness (QED) is 0.696. The maximum atomic E-state index is 12.5. The molecule has 0 bridgehead atoms. The molecular formula is C14H13F3N2OS. The van der Waals surface area contributed by atoms with Gasteiger partial charge in [-0.25, -0.2) is 0 Å². The van der Waals surface area contributed by atoms with Gasteiger partial charge in [0, 0.05) is 35.1 Å². The Balaban J connectivity index is 2.01. The van der Waals surface area contributed by atoms with Gasteiger partial charge in [0.1, 0.15) is 0 Å². The molecule has 3 nitrogen and oxygen atoms in total.